The maximum Gasteiger partial charge on any atom is 0.363 e. The maximum atomic E-state index is 12.7. The molecule has 2 aromatic rings. The number of H-pyrrole nitrogens is 2. The van der Waals surface area contributed by atoms with Gasteiger partial charge in [-0.25, -0.2) is 19.8 Å². The van der Waals surface area contributed by atoms with Gasteiger partial charge in [-0.15, -0.1) is 0 Å². The van der Waals surface area contributed by atoms with E-state index in [0.717, 1.165) is 5.56 Å². The number of nitrogens with zero attached hydrogens (tertiary/aromatic N) is 1. The quantitative estimate of drug-likeness (QED) is 0.690. The van der Waals surface area contributed by atoms with Crippen molar-refractivity contribution in [3.8, 4) is 5.75 Å². The zero-order valence-corrected chi connectivity index (χ0v) is 13.1. The topological polar surface area (TPSA) is 118 Å². The molecule has 0 spiro atoms. The van der Waals surface area contributed by atoms with E-state index < -0.39 is 17.7 Å². The summed E-state index contributed by atoms with van der Waals surface area (Å²) in [5.74, 6) is 0.128. The summed E-state index contributed by atoms with van der Waals surface area (Å²) >= 11 is 0. The molecule has 3 rings (SSSR count). The third kappa shape index (κ3) is 2.76. The lowest BCUT2D eigenvalue weighted by atomic mass is 9.98. The van der Waals surface area contributed by atoms with Gasteiger partial charge < -0.3 is 9.47 Å². The number of ketones is 1. The van der Waals surface area contributed by atoms with Crippen molar-refractivity contribution in [3.05, 3.63) is 62.1 Å². The number of ether oxygens (including phenoxy) is 2. The molecule has 1 aromatic carbocycles. The van der Waals surface area contributed by atoms with Crippen LogP contribution in [0.1, 0.15) is 22.8 Å². The molecule has 0 saturated carbocycles. The van der Waals surface area contributed by atoms with Gasteiger partial charge in [0.15, 0.2) is 0 Å². The summed E-state index contributed by atoms with van der Waals surface area (Å²) in [7, 11) is 0. The maximum absolute atomic E-state index is 12.7. The lowest BCUT2D eigenvalue weighted by Crippen LogP contribution is -2.36. The van der Waals surface area contributed by atoms with Gasteiger partial charge in [0.25, 0.3) is 0 Å². The molecule has 24 heavy (non-hydrogen) atoms. The fourth-order valence-corrected chi connectivity index (χ4v) is 2.34. The summed E-state index contributed by atoms with van der Waals surface area (Å²) in [4.78, 5) is 35.7. The van der Waals surface area contributed by atoms with Crippen LogP contribution in [-0.4, -0.2) is 33.6 Å². The molecule has 9 heteroatoms. The van der Waals surface area contributed by atoms with E-state index in [-0.39, 0.29) is 11.4 Å². The highest BCUT2D eigenvalue weighted by Gasteiger charge is 2.32. The fraction of sp³-hybridized carbons (Fsp3) is 0.267. The molecule has 0 radical (unpaired) electrons. The Balaban J connectivity index is 2.00. The highest BCUT2D eigenvalue weighted by Crippen LogP contribution is 2.31. The van der Waals surface area contributed by atoms with Gasteiger partial charge in [-0.3, -0.25) is 10.2 Å². The van der Waals surface area contributed by atoms with E-state index in [1.165, 1.54) is 6.20 Å². The number of hydrogen-bond donors (Lipinski definition) is 3. The molecule has 0 aliphatic carbocycles. The Morgan fingerprint density at radius 3 is 2.67 bits per heavy atom. The Morgan fingerprint density at radius 1 is 1.29 bits per heavy atom. The first-order valence-corrected chi connectivity index (χ1v) is 7.31. The average Bonchev–Trinajstić information content (AvgIpc) is 2.87. The van der Waals surface area contributed by atoms with Crippen molar-refractivity contribution in [2.75, 3.05) is 12.0 Å². The van der Waals surface area contributed by atoms with Crippen molar-refractivity contribution < 1.29 is 14.3 Å². The van der Waals surface area contributed by atoms with Crippen LogP contribution in [0.25, 0.3) is 0 Å². The summed E-state index contributed by atoms with van der Waals surface area (Å²) in [5.41, 5.74) is 2.56. The minimum absolute atomic E-state index is 0.155. The Kier molecular flexibility index (Phi) is 4.09. The van der Waals surface area contributed by atoms with E-state index >= 15 is 0 Å². The zero-order chi connectivity index (χ0) is 17.3. The van der Waals surface area contributed by atoms with E-state index in [1.54, 1.807) is 19.1 Å². The van der Waals surface area contributed by atoms with Crippen LogP contribution in [0.4, 0.5) is 0 Å². The SMILES string of the molecule is CCOC1Oc2ccc(C)cc2C(=O)/C1=C/Nn1c(=O)[nH][nH]c1=O. The molecule has 0 bridgehead atoms. The molecular weight excluding hydrogens is 316 g/mol. The van der Waals surface area contributed by atoms with Gasteiger partial charge in [-0.2, -0.15) is 4.68 Å². The highest BCUT2D eigenvalue weighted by molar-refractivity contribution is 6.12. The van der Waals surface area contributed by atoms with Gasteiger partial charge in [-0.05, 0) is 26.0 Å². The van der Waals surface area contributed by atoms with Crippen molar-refractivity contribution >= 4 is 5.78 Å². The normalized spacial score (nSPS) is 18.3. The summed E-state index contributed by atoms with van der Waals surface area (Å²) in [5, 5.41) is 4.25. The Morgan fingerprint density at radius 2 is 2.00 bits per heavy atom. The van der Waals surface area contributed by atoms with Crippen LogP contribution in [0.3, 0.4) is 0 Å². The number of aromatic nitrogens is 3. The van der Waals surface area contributed by atoms with E-state index in [9.17, 15) is 14.4 Å². The first-order chi connectivity index (χ1) is 11.5. The van der Waals surface area contributed by atoms with Crippen LogP contribution in [0.2, 0.25) is 0 Å². The largest absolute Gasteiger partial charge is 0.460 e. The van der Waals surface area contributed by atoms with Crippen LogP contribution in [-0.2, 0) is 4.74 Å². The van der Waals surface area contributed by atoms with E-state index in [0.29, 0.717) is 22.6 Å². The number of carbonyl (C=O) groups is 1. The molecular formula is C15H16N4O5. The molecule has 9 nitrogen and oxygen atoms in total. The third-order valence-corrected chi connectivity index (χ3v) is 3.48. The number of aryl methyl sites for hydroxylation is 1. The van der Waals surface area contributed by atoms with Crippen molar-refractivity contribution in [1.82, 2.24) is 14.9 Å². The number of rotatable bonds is 4. The van der Waals surface area contributed by atoms with Gasteiger partial charge in [0.1, 0.15) is 5.75 Å². The number of aromatic amines is 2. The van der Waals surface area contributed by atoms with Crippen LogP contribution in [0.5, 0.6) is 5.75 Å². The summed E-state index contributed by atoms with van der Waals surface area (Å²) in [6.45, 7) is 3.95. The number of nitrogens with one attached hydrogen (secondary N) is 3. The second kappa shape index (κ2) is 6.20. The fourth-order valence-electron chi connectivity index (χ4n) is 2.34. The zero-order valence-electron chi connectivity index (χ0n) is 13.1. The molecule has 0 fully saturated rings. The molecule has 1 aliphatic rings. The first kappa shape index (κ1) is 15.8. The monoisotopic (exact) mass is 332 g/mol. The van der Waals surface area contributed by atoms with Gasteiger partial charge >= 0.3 is 11.4 Å². The molecule has 0 saturated heterocycles. The Labute approximate surface area is 135 Å². The standard InChI is InChI=1S/C15H16N4O5/c1-3-23-13-10(7-16-19-14(21)17-18-15(19)22)12(20)9-6-8(2)4-5-11(9)24-13/h4-7,13,16H,3H2,1-2H3,(H,17,21)(H,18,22)/b10-7-. The molecule has 126 valence electrons. The molecule has 1 aliphatic heterocycles. The predicted octanol–water partition coefficient (Wildman–Crippen LogP) is 0.238. The highest BCUT2D eigenvalue weighted by atomic mass is 16.7. The molecule has 1 aromatic heterocycles. The number of Topliss-reactive ketones (excluding diaryl/α,β-unsaturated/α-hetero) is 1. The molecule has 0 amide bonds. The van der Waals surface area contributed by atoms with Gasteiger partial charge in [0.05, 0.1) is 11.1 Å². The second-order valence-electron chi connectivity index (χ2n) is 5.16. The number of benzene rings is 1. The van der Waals surface area contributed by atoms with Crippen LogP contribution < -0.4 is 21.5 Å². The molecule has 2 heterocycles. The average molecular weight is 332 g/mol. The first-order valence-electron chi connectivity index (χ1n) is 7.31. The van der Waals surface area contributed by atoms with E-state index in [4.69, 9.17) is 9.47 Å². The summed E-state index contributed by atoms with van der Waals surface area (Å²) < 4.78 is 11.8. The summed E-state index contributed by atoms with van der Waals surface area (Å²) in [6, 6.07) is 5.25. The minimum atomic E-state index is -0.932. The van der Waals surface area contributed by atoms with Crippen molar-refractivity contribution in [2.45, 2.75) is 20.1 Å². The van der Waals surface area contributed by atoms with Gasteiger partial charge in [-0.1, -0.05) is 11.6 Å². The smallest absolute Gasteiger partial charge is 0.363 e. The molecule has 3 N–H and O–H groups in total. The van der Waals surface area contributed by atoms with Gasteiger partial charge in [0, 0.05) is 12.8 Å². The molecule has 1 atom stereocenters. The number of hydrogen-bond acceptors (Lipinski definition) is 6. The minimum Gasteiger partial charge on any atom is -0.460 e. The third-order valence-electron chi connectivity index (χ3n) is 3.48. The van der Waals surface area contributed by atoms with Crippen LogP contribution in [0, 0.1) is 6.92 Å². The van der Waals surface area contributed by atoms with Crippen molar-refractivity contribution in [2.24, 2.45) is 0 Å². The van der Waals surface area contributed by atoms with Crippen molar-refractivity contribution in [3.63, 3.8) is 0 Å². The second-order valence-corrected chi connectivity index (χ2v) is 5.16. The lowest BCUT2D eigenvalue weighted by molar-refractivity contribution is -0.0510. The van der Waals surface area contributed by atoms with E-state index in [1.807, 2.05) is 13.0 Å². The van der Waals surface area contributed by atoms with Gasteiger partial charge in [0.2, 0.25) is 12.1 Å². The molecule has 1 unspecified atom stereocenters. The Bertz CT molecular complexity index is 893. The van der Waals surface area contributed by atoms with Crippen LogP contribution >= 0.6 is 0 Å². The predicted molar refractivity (Wildman–Crippen MR) is 84.7 cm³/mol. The lowest BCUT2D eigenvalue weighted by Gasteiger charge is -2.27. The summed E-state index contributed by atoms with van der Waals surface area (Å²) in [6.07, 6.45) is 0.303. The Hall–Kier alpha value is -3.07. The number of carbonyl (C=O) groups excluding carboxylic acids is 1. The van der Waals surface area contributed by atoms with Crippen molar-refractivity contribution in [1.29, 1.82) is 0 Å². The van der Waals surface area contributed by atoms with Crippen LogP contribution in [0.15, 0.2) is 39.6 Å². The van der Waals surface area contributed by atoms with E-state index in [2.05, 4.69) is 15.6 Å². The number of fused-ring (bicyclic) bond motifs is 1.